The van der Waals surface area contributed by atoms with Gasteiger partial charge >= 0.3 is 0 Å². The van der Waals surface area contributed by atoms with Gasteiger partial charge in [-0.2, -0.15) is 5.10 Å². The lowest BCUT2D eigenvalue weighted by atomic mass is 9.79. The summed E-state index contributed by atoms with van der Waals surface area (Å²) in [6.45, 7) is 1.55. The van der Waals surface area contributed by atoms with Gasteiger partial charge in [0, 0.05) is 36.7 Å². The Hall–Kier alpha value is -2.21. The maximum atomic E-state index is 13.1. The summed E-state index contributed by atoms with van der Waals surface area (Å²) < 4.78 is 5.54. The van der Waals surface area contributed by atoms with Crippen LogP contribution in [0.2, 0.25) is 0 Å². The number of ether oxygens (including phenoxy) is 1. The lowest BCUT2D eigenvalue weighted by Crippen LogP contribution is -2.38. The predicted molar refractivity (Wildman–Crippen MR) is 94.4 cm³/mol. The second-order valence-corrected chi connectivity index (χ2v) is 7.11. The van der Waals surface area contributed by atoms with E-state index in [1.165, 1.54) is 0 Å². The Morgan fingerprint density at radius 3 is 2.92 bits per heavy atom. The quantitative estimate of drug-likeness (QED) is 0.896. The molecule has 1 atom stereocenters. The van der Waals surface area contributed by atoms with Crippen molar-refractivity contribution in [2.24, 2.45) is 0 Å². The van der Waals surface area contributed by atoms with Gasteiger partial charge in [-0.3, -0.25) is 14.9 Å². The second kappa shape index (κ2) is 6.96. The normalized spacial score (nSPS) is 22.6. The molecule has 2 aromatic rings. The fourth-order valence-corrected chi connectivity index (χ4v) is 4.10. The molecule has 1 aliphatic heterocycles. The van der Waals surface area contributed by atoms with Crippen molar-refractivity contribution in [1.82, 2.24) is 15.2 Å². The number of H-pyrrole nitrogens is 1. The first-order valence-electron chi connectivity index (χ1n) is 9.13. The Morgan fingerprint density at radius 1 is 1.32 bits per heavy atom. The smallest absolute Gasteiger partial charge is 0.236 e. The molecule has 25 heavy (non-hydrogen) atoms. The molecular weight excluding hydrogens is 316 g/mol. The Morgan fingerprint density at radius 2 is 2.20 bits per heavy atom. The Balaban J connectivity index is 1.51. The average molecular weight is 340 g/mol. The highest BCUT2D eigenvalue weighted by molar-refractivity contribution is 5.98. The number of nitrogens with one attached hydrogen (secondary N) is 2. The molecule has 6 nitrogen and oxygen atoms in total. The van der Waals surface area contributed by atoms with E-state index in [0.29, 0.717) is 11.7 Å². The highest BCUT2D eigenvalue weighted by Crippen LogP contribution is 2.41. The topological polar surface area (TPSA) is 79.9 Å². The van der Waals surface area contributed by atoms with Crippen LogP contribution in [0.5, 0.6) is 0 Å². The molecule has 2 N–H and O–H groups in total. The summed E-state index contributed by atoms with van der Waals surface area (Å²) in [6, 6.07) is 5.86. The molecule has 2 aliphatic rings. The lowest BCUT2D eigenvalue weighted by molar-refractivity contribution is -0.121. The van der Waals surface area contributed by atoms with E-state index in [1.807, 2.05) is 24.4 Å². The van der Waals surface area contributed by atoms with Crippen molar-refractivity contribution in [3.63, 3.8) is 0 Å². The molecule has 0 radical (unpaired) electrons. The Bertz CT molecular complexity index is 716. The van der Waals surface area contributed by atoms with E-state index in [4.69, 9.17) is 4.74 Å². The first kappa shape index (κ1) is 16.3. The number of pyridine rings is 1. The summed E-state index contributed by atoms with van der Waals surface area (Å²) >= 11 is 0. The third kappa shape index (κ3) is 3.18. The highest BCUT2D eigenvalue weighted by Gasteiger charge is 2.43. The van der Waals surface area contributed by atoms with Crippen molar-refractivity contribution < 1.29 is 9.53 Å². The van der Waals surface area contributed by atoms with Gasteiger partial charge in [-0.05, 0) is 37.3 Å². The van der Waals surface area contributed by atoms with Crippen LogP contribution in [0, 0.1) is 0 Å². The maximum Gasteiger partial charge on any atom is 0.236 e. The van der Waals surface area contributed by atoms with E-state index in [-0.39, 0.29) is 5.91 Å². The molecule has 1 unspecified atom stereocenters. The molecule has 6 heteroatoms. The van der Waals surface area contributed by atoms with Gasteiger partial charge in [-0.15, -0.1) is 0 Å². The van der Waals surface area contributed by atoms with Crippen molar-refractivity contribution in [1.29, 1.82) is 0 Å². The number of amides is 1. The van der Waals surface area contributed by atoms with Gasteiger partial charge in [0.15, 0.2) is 5.82 Å². The van der Waals surface area contributed by atoms with Crippen LogP contribution in [-0.4, -0.2) is 34.3 Å². The first-order valence-corrected chi connectivity index (χ1v) is 9.13. The van der Waals surface area contributed by atoms with Gasteiger partial charge in [-0.25, -0.2) is 0 Å². The van der Waals surface area contributed by atoms with E-state index in [9.17, 15) is 4.79 Å². The second-order valence-electron chi connectivity index (χ2n) is 7.11. The fraction of sp³-hybridized carbons (Fsp3) is 0.526. The van der Waals surface area contributed by atoms with E-state index >= 15 is 0 Å². The van der Waals surface area contributed by atoms with Crippen LogP contribution in [-0.2, 0) is 14.9 Å². The molecule has 2 aromatic heterocycles. The van der Waals surface area contributed by atoms with E-state index in [2.05, 4.69) is 20.5 Å². The number of hydrogen-bond acceptors (Lipinski definition) is 4. The number of anilines is 1. The van der Waals surface area contributed by atoms with Gasteiger partial charge in [0.25, 0.3) is 0 Å². The zero-order chi connectivity index (χ0) is 17.1. The van der Waals surface area contributed by atoms with E-state index < -0.39 is 5.41 Å². The standard InChI is InChI=1S/C19H24N4O2/c24-18(19(7-1-2-8-19)15-6-3-9-20-12-15)21-17-11-16(22-23-17)14-5-4-10-25-13-14/h3,6,9,11-12,14H,1-2,4-5,7-8,10,13H2,(H2,21,22,23,24). The number of hydrogen-bond donors (Lipinski definition) is 2. The Labute approximate surface area is 147 Å². The fourth-order valence-electron chi connectivity index (χ4n) is 4.10. The minimum Gasteiger partial charge on any atom is -0.381 e. The number of carbonyl (C=O) groups excluding carboxylic acids is 1. The molecule has 1 saturated heterocycles. The minimum atomic E-state index is -0.485. The van der Waals surface area contributed by atoms with Crippen molar-refractivity contribution in [2.45, 2.75) is 49.9 Å². The van der Waals surface area contributed by atoms with Crippen molar-refractivity contribution >= 4 is 11.7 Å². The van der Waals surface area contributed by atoms with Gasteiger partial charge < -0.3 is 10.1 Å². The van der Waals surface area contributed by atoms with E-state index in [1.54, 1.807) is 6.20 Å². The van der Waals surface area contributed by atoms with Crippen molar-refractivity contribution in [2.75, 3.05) is 18.5 Å². The minimum absolute atomic E-state index is 0.0240. The molecule has 2 fully saturated rings. The zero-order valence-electron chi connectivity index (χ0n) is 14.3. The van der Waals surface area contributed by atoms with Crippen LogP contribution < -0.4 is 5.32 Å². The molecule has 0 spiro atoms. The molecule has 0 bridgehead atoms. The summed E-state index contributed by atoms with van der Waals surface area (Å²) in [5.74, 6) is 0.961. The van der Waals surface area contributed by atoms with Gasteiger partial charge in [0.05, 0.1) is 12.0 Å². The summed E-state index contributed by atoms with van der Waals surface area (Å²) in [5.41, 5.74) is 1.56. The molecule has 1 amide bonds. The molecule has 132 valence electrons. The number of nitrogens with zero attached hydrogens (tertiary/aromatic N) is 2. The van der Waals surface area contributed by atoms with Crippen LogP contribution in [0.3, 0.4) is 0 Å². The summed E-state index contributed by atoms with van der Waals surface area (Å²) in [6.07, 6.45) is 9.57. The highest BCUT2D eigenvalue weighted by atomic mass is 16.5. The zero-order valence-corrected chi connectivity index (χ0v) is 14.3. The number of rotatable bonds is 4. The third-order valence-corrected chi connectivity index (χ3v) is 5.55. The van der Waals surface area contributed by atoms with Crippen LogP contribution in [0.1, 0.15) is 55.7 Å². The van der Waals surface area contributed by atoms with Gasteiger partial charge in [-0.1, -0.05) is 18.9 Å². The average Bonchev–Trinajstić information content (AvgIpc) is 3.34. The molecule has 4 rings (SSSR count). The summed E-state index contributed by atoms with van der Waals surface area (Å²) in [4.78, 5) is 17.3. The number of aromatic amines is 1. The monoisotopic (exact) mass is 340 g/mol. The SMILES string of the molecule is O=C(Nc1cc(C2CCCOC2)[nH]n1)C1(c2cccnc2)CCCC1. The van der Waals surface area contributed by atoms with Crippen molar-refractivity contribution in [3.05, 3.63) is 41.9 Å². The van der Waals surface area contributed by atoms with Crippen LogP contribution >= 0.6 is 0 Å². The predicted octanol–water partition coefficient (Wildman–Crippen LogP) is 3.15. The van der Waals surface area contributed by atoms with Crippen molar-refractivity contribution in [3.8, 4) is 0 Å². The van der Waals surface area contributed by atoms with Crippen LogP contribution in [0.15, 0.2) is 30.6 Å². The molecule has 1 aliphatic carbocycles. The first-order chi connectivity index (χ1) is 12.3. The summed E-state index contributed by atoms with van der Waals surface area (Å²) in [7, 11) is 0. The van der Waals surface area contributed by atoms with E-state index in [0.717, 1.165) is 63.0 Å². The van der Waals surface area contributed by atoms with Gasteiger partial charge in [0.1, 0.15) is 0 Å². The molecule has 3 heterocycles. The van der Waals surface area contributed by atoms with Gasteiger partial charge in [0.2, 0.25) is 5.91 Å². The largest absolute Gasteiger partial charge is 0.381 e. The Kier molecular flexibility index (Phi) is 4.53. The molecular formula is C19H24N4O2. The van der Waals surface area contributed by atoms with Crippen LogP contribution in [0.4, 0.5) is 5.82 Å². The van der Waals surface area contributed by atoms with Crippen LogP contribution in [0.25, 0.3) is 0 Å². The third-order valence-electron chi connectivity index (χ3n) is 5.55. The maximum absolute atomic E-state index is 13.1. The molecule has 0 aromatic carbocycles. The number of aromatic nitrogens is 3. The molecule has 1 saturated carbocycles. The lowest BCUT2D eigenvalue weighted by Gasteiger charge is -2.27. The number of carbonyl (C=O) groups is 1. The summed E-state index contributed by atoms with van der Waals surface area (Å²) in [5, 5.41) is 10.4.